The predicted octanol–water partition coefficient (Wildman–Crippen LogP) is 3.92. The molecule has 134 valence electrons. The molecule has 0 saturated carbocycles. The summed E-state index contributed by atoms with van der Waals surface area (Å²) < 4.78 is 7.43. The first-order valence-electron chi connectivity index (χ1n) is 8.32. The van der Waals surface area contributed by atoms with Crippen LogP contribution in [0.25, 0.3) is 5.69 Å². The lowest BCUT2D eigenvalue weighted by Gasteiger charge is -2.14. The van der Waals surface area contributed by atoms with Crippen LogP contribution in [0.2, 0.25) is 5.02 Å². The summed E-state index contributed by atoms with van der Waals surface area (Å²) in [6.07, 6.45) is 3.01. The van der Waals surface area contributed by atoms with Gasteiger partial charge in [0.05, 0.1) is 11.9 Å². The van der Waals surface area contributed by atoms with Gasteiger partial charge in [-0.15, -0.1) is 0 Å². The van der Waals surface area contributed by atoms with Crippen molar-refractivity contribution in [3.63, 3.8) is 0 Å². The molecule has 1 unspecified atom stereocenters. The Kier molecular flexibility index (Phi) is 5.58. The van der Waals surface area contributed by atoms with Crippen LogP contribution < -0.4 is 10.1 Å². The lowest BCUT2D eigenvalue weighted by Crippen LogP contribution is -2.35. The largest absolute Gasteiger partial charge is 0.481 e. The Labute approximate surface area is 157 Å². The van der Waals surface area contributed by atoms with Crippen molar-refractivity contribution in [2.75, 3.05) is 0 Å². The Morgan fingerprint density at radius 2 is 2.04 bits per heavy atom. The third-order valence-electron chi connectivity index (χ3n) is 3.87. The van der Waals surface area contributed by atoms with Crippen LogP contribution in [-0.4, -0.2) is 21.8 Å². The van der Waals surface area contributed by atoms with Gasteiger partial charge in [0.15, 0.2) is 6.10 Å². The van der Waals surface area contributed by atoms with Crippen LogP contribution in [0.15, 0.2) is 60.9 Å². The summed E-state index contributed by atoms with van der Waals surface area (Å²) in [5, 5.41) is 7.85. The van der Waals surface area contributed by atoms with Crippen molar-refractivity contribution in [1.29, 1.82) is 0 Å². The van der Waals surface area contributed by atoms with E-state index in [4.69, 9.17) is 16.3 Å². The fourth-order valence-electron chi connectivity index (χ4n) is 2.47. The van der Waals surface area contributed by atoms with E-state index in [-0.39, 0.29) is 5.91 Å². The lowest BCUT2D eigenvalue weighted by atomic mass is 10.2. The standard InChI is InChI=1S/C20H20ClN3O2/c1-14-4-3-5-19(10-14)26-15(2)20(25)22-11-16-12-23-24(13-16)18-8-6-17(21)7-9-18/h3-10,12-13,15H,11H2,1-2H3,(H,22,25). The maximum absolute atomic E-state index is 12.2. The normalized spacial score (nSPS) is 11.8. The fourth-order valence-corrected chi connectivity index (χ4v) is 2.59. The molecule has 1 amide bonds. The molecule has 1 aromatic heterocycles. The first kappa shape index (κ1) is 18.0. The lowest BCUT2D eigenvalue weighted by molar-refractivity contribution is -0.127. The zero-order chi connectivity index (χ0) is 18.5. The summed E-state index contributed by atoms with van der Waals surface area (Å²) in [7, 11) is 0. The molecule has 0 fully saturated rings. The Morgan fingerprint density at radius 1 is 1.27 bits per heavy atom. The quantitative estimate of drug-likeness (QED) is 0.716. The van der Waals surface area contributed by atoms with E-state index in [0.29, 0.717) is 17.3 Å². The Morgan fingerprint density at radius 3 is 2.77 bits per heavy atom. The molecule has 2 aromatic carbocycles. The van der Waals surface area contributed by atoms with Gasteiger partial charge in [-0.3, -0.25) is 4.79 Å². The Hall–Kier alpha value is -2.79. The minimum atomic E-state index is -0.580. The minimum absolute atomic E-state index is 0.175. The van der Waals surface area contributed by atoms with Gasteiger partial charge in [-0.2, -0.15) is 5.10 Å². The summed E-state index contributed by atoms with van der Waals surface area (Å²) in [6.45, 7) is 4.10. The first-order valence-corrected chi connectivity index (χ1v) is 8.69. The van der Waals surface area contributed by atoms with E-state index in [1.165, 1.54) is 0 Å². The van der Waals surface area contributed by atoms with Gasteiger partial charge < -0.3 is 10.1 Å². The maximum Gasteiger partial charge on any atom is 0.261 e. The van der Waals surface area contributed by atoms with Crippen LogP contribution in [-0.2, 0) is 11.3 Å². The first-order chi connectivity index (χ1) is 12.5. The second kappa shape index (κ2) is 8.06. The van der Waals surface area contributed by atoms with Crippen molar-refractivity contribution in [3.05, 3.63) is 77.1 Å². The number of hydrogen-bond donors (Lipinski definition) is 1. The summed E-state index contributed by atoms with van der Waals surface area (Å²) in [5.74, 6) is 0.508. The molecule has 0 aliphatic heterocycles. The van der Waals surface area contributed by atoms with Crippen molar-refractivity contribution in [2.24, 2.45) is 0 Å². The highest BCUT2D eigenvalue weighted by molar-refractivity contribution is 6.30. The molecule has 26 heavy (non-hydrogen) atoms. The van der Waals surface area contributed by atoms with E-state index in [9.17, 15) is 4.79 Å². The molecule has 0 spiro atoms. The number of rotatable bonds is 6. The van der Waals surface area contributed by atoms with Crippen LogP contribution in [0.4, 0.5) is 0 Å². The van der Waals surface area contributed by atoms with Crippen LogP contribution in [0.3, 0.4) is 0 Å². The fraction of sp³-hybridized carbons (Fsp3) is 0.200. The molecule has 0 bridgehead atoms. The Balaban J connectivity index is 1.55. The number of benzene rings is 2. The highest BCUT2D eigenvalue weighted by Gasteiger charge is 2.14. The van der Waals surface area contributed by atoms with Crippen LogP contribution in [0, 0.1) is 6.92 Å². The molecule has 1 atom stereocenters. The zero-order valence-electron chi connectivity index (χ0n) is 14.6. The number of hydrogen-bond acceptors (Lipinski definition) is 3. The van der Waals surface area contributed by atoms with Gasteiger partial charge in [-0.25, -0.2) is 4.68 Å². The number of aromatic nitrogens is 2. The number of aryl methyl sites for hydroxylation is 1. The van der Waals surface area contributed by atoms with Crippen molar-refractivity contribution in [3.8, 4) is 11.4 Å². The third kappa shape index (κ3) is 4.64. The molecule has 5 nitrogen and oxygen atoms in total. The highest BCUT2D eigenvalue weighted by Crippen LogP contribution is 2.15. The SMILES string of the molecule is Cc1cccc(OC(C)C(=O)NCc2cnn(-c3ccc(Cl)cc3)c2)c1. The molecule has 3 rings (SSSR count). The van der Waals surface area contributed by atoms with Gasteiger partial charge in [-0.05, 0) is 55.8 Å². The molecular weight excluding hydrogens is 350 g/mol. The van der Waals surface area contributed by atoms with Gasteiger partial charge in [-0.1, -0.05) is 23.7 Å². The average Bonchev–Trinajstić information content (AvgIpc) is 3.09. The summed E-state index contributed by atoms with van der Waals surface area (Å²) >= 11 is 5.90. The van der Waals surface area contributed by atoms with Crippen molar-refractivity contribution in [1.82, 2.24) is 15.1 Å². The highest BCUT2D eigenvalue weighted by atomic mass is 35.5. The number of nitrogens with one attached hydrogen (secondary N) is 1. The average molecular weight is 370 g/mol. The molecular formula is C20H20ClN3O2. The van der Waals surface area contributed by atoms with Gasteiger partial charge >= 0.3 is 0 Å². The Bertz CT molecular complexity index is 890. The minimum Gasteiger partial charge on any atom is -0.481 e. The molecule has 1 N–H and O–H groups in total. The number of ether oxygens (including phenoxy) is 1. The number of halogens is 1. The maximum atomic E-state index is 12.2. The second-order valence-corrected chi connectivity index (χ2v) is 6.50. The van der Waals surface area contributed by atoms with Crippen LogP contribution in [0.5, 0.6) is 5.75 Å². The number of amides is 1. The van der Waals surface area contributed by atoms with E-state index in [0.717, 1.165) is 16.8 Å². The third-order valence-corrected chi connectivity index (χ3v) is 4.12. The molecule has 0 aliphatic rings. The van der Waals surface area contributed by atoms with Gasteiger partial charge in [0, 0.05) is 23.3 Å². The smallest absolute Gasteiger partial charge is 0.261 e. The molecule has 3 aromatic rings. The van der Waals surface area contributed by atoms with Crippen molar-refractivity contribution in [2.45, 2.75) is 26.5 Å². The van der Waals surface area contributed by atoms with Crippen molar-refractivity contribution < 1.29 is 9.53 Å². The van der Waals surface area contributed by atoms with Gasteiger partial charge in [0.1, 0.15) is 5.75 Å². The predicted molar refractivity (Wildman–Crippen MR) is 102 cm³/mol. The topological polar surface area (TPSA) is 56.1 Å². The van der Waals surface area contributed by atoms with Crippen molar-refractivity contribution >= 4 is 17.5 Å². The van der Waals surface area contributed by atoms with E-state index in [1.807, 2.05) is 61.7 Å². The molecule has 0 radical (unpaired) electrons. The van der Waals surface area contributed by atoms with Gasteiger partial charge in [0.2, 0.25) is 0 Å². The molecule has 6 heteroatoms. The summed E-state index contributed by atoms with van der Waals surface area (Å²) in [4.78, 5) is 12.2. The van der Waals surface area contributed by atoms with E-state index in [1.54, 1.807) is 17.8 Å². The van der Waals surface area contributed by atoms with E-state index in [2.05, 4.69) is 10.4 Å². The number of carbonyl (C=O) groups is 1. The molecule has 1 heterocycles. The number of carbonyl (C=O) groups excluding carboxylic acids is 1. The van der Waals surface area contributed by atoms with E-state index < -0.39 is 6.10 Å². The second-order valence-electron chi connectivity index (χ2n) is 6.06. The summed E-state index contributed by atoms with van der Waals surface area (Å²) in [5.41, 5.74) is 2.89. The zero-order valence-corrected chi connectivity index (χ0v) is 15.4. The van der Waals surface area contributed by atoms with E-state index >= 15 is 0 Å². The summed E-state index contributed by atoms with van der Waals surface area (Å²) in [6, 6.07) is 15.0. The molecule has 0 aliphatic carbocycles. The monoisotopic (exact) mass is 369 g/mol. The number of nitrogens with zero attached hydrogens (tertiary/aromatic N) is 2. The van der Waals surface area contributed by atoms with Crippen LogP contribution >= 0.6 is 11.6 Å². The van der Waals surface area contributed by atoms with Gasteiger partial charge in [0.25, 0.3) is 5.91 Å². The van der Waals surface area contributed by atoms with Crippen LogP contribution in [0.1, 0.15) is 18.1 Å². The molecule has 0 saturated heterocycles.